The first-order valence-corrected chi connectivity index (χ1v) is 12.0. The molecular formula is C26H25F2N7O4. The third-order valence-corrected chi connectivity index (χ3v) is 6.35. The van der Waals surface area contributed by atoms with E-state index in [-0.39, 0.29) is 41.1 Å². The number of hydrogen-bond donors (Lipinski definition) is 3. The molecular weight excluding hydrogens is 512 g/mol. The number of pyridine rings is 1. The number of fused-ring (bicyclic) bond motifs is 1. The van der Waals surface area contributed by atoms with Crippen LogP contribution in [0.25, 0.3) is 33.4 Å². The zero-order valence-electron chi connectivity index (χ0n) is 21.1. The quantitative estimate of drug-likeness (QED) is 0.289. The fourth-order valence-corrected chi connectivity index (χ4v) is 4.39. The van der Waals surface area contributed by atoms with Gasteiger partial charge in [0.05, 0.1) is 50.4 Å². The van der Waals surface area contributed by atoms with Crippen LogP contribution in [0.1, 0.15) is 6.42 Å². The smallest absolute Gasteiger partial charge is 0.243 e. The van der Waals surface area contributed by atoms with Crippen molar-refractivity contribution >= 4 is 22.8 Å². The molecule has 11 nitrogen and oxygen atoms in total. The van der Waals surface area contributed by atoms with Gasteiger partial charge in [-0.05, 0) is 18.6 Å². The summed E-state index contributed by atoms with van der Waals surface area (Å²) in [6, 6.07) is 2.08. The SMILES string of the molecule is C=CC(=O)NC1CCOC[C@H]1Nc1ncc2cc(-c3c(F)c(OC)cc(OC)c3F)nc(-c3cn[nH]c3)c2n1. The molecule has 1 aromatic carbocycles. The summed E-state index contributed by atoms with van der Waals surface area (Å²) in [6.07, 6.45) is 6.44. The largest absolute Gasteiger partial charge is 0.494 e. The Morgan fingerprint density at radius 2 is 1.92 bits per heavy atom. The first kappa shape index (κ1) is 26.0. The maximum Gasteiger partial charge on any atom is 0.243 e. The molecule has 0 aliphatic carbocycles. The number of carbonyl (C=O) groups excluding carboxylic acids is 1. The number of aromatic amines is 1. The Morgan fingerprint density at radius 3 is 2.59 bits per heavy atom. The van der Waals surface area contributed by atoms with Gasteiger partial charge in [-0.3, -0.25) is 9.89 Å². The van der Waals surface area contributed by atoms with Crippen LogP contribution in [0.2, 0.25) is 0 Å². The zero-order valence-corrected chi connectivity index (χ0v) is 21.1. The van der Waals surface area contributed by atoms with E-state index in [2.05, 4.69) is 42.4 Å². The van der Waals surface area contributed by atoms with Crippen molar-refractivity contribution in [2.75, 3.05) is 32.8 Å². The van der Waals surface area contributed by atoms with Crippen molar-refractivity contribution in [3.63, 3.8) is 0 Å². The minimum Gasteiger partial charge on any atom is -0.494 e. The number of carbonyl (C=O) groups is 1. The van der Waals surface area contributed by atoms with Crippen LogP contribution in [0.5, 0.6) is 11.5 Å². The molecule has 1 unspecified atom stereocenters. The average Bonchev–Trinajstić information content (AvgIpc) is 3.49. The normalized spacial score (nSPS) is 17.0. The second-order valence-electron chi connectivity index (χ2n) is 8.69. The number of methoxy groups -OCH3 is 2. The standard InChI is InChI=1S/C26H25F2N7O4/c1-4-20(36)32-15-5-6-39-12-17(15)34-26-29-9-13-7-16(33-25(24(13)35-26)14-10-30-31-11-14)21-22(27)18(37-2)8-19(38-3)23(21)28/h4,7-11,15,17H,1,5-6,12H2,2-3H3,(H,30,31)(H,32,36)(H,29,34,35)/t15?,17-/m1/s1. The highest BCUT2D eigenvalue weighted by Gasteiger charge is 2.28. The molecule has 13 heteroatoms. The van der Waals surface area contributed by atoms with Crippen molar-refractivity contribution in [1.29, 1.82) is 0 Å². The summed E-state index contributed by atoms with van der Waals surface area (Å²) < 4.78 is 46.4. The lowest BCUT2D eigenvalue weighted by Gasteiger charge is -2.32. The van der Waals surface area contributed by atoms with Crippen LogP contribution in [0, 0.1) is 11.6 Å². The number of rotatable bonds is 8. The molecule has 3 aromatic heterocycles. The van der Waals surface area contributed by atoms with Crippen LogP contribution in [0.3, 0.4) is 0 Å². The summed E-state index contributed by atoms with van der Waals surface area (Å²) >= 11 is 0. The van der Waals surface area contributed by atoms with Crippen LogP contribution >= 0.6 is 0 Å². The van der Waals surface area contributed by atoms with Gasteiger partial charge in [-0.1, -0.05) is 6.58 Å². The maximum atomic E-state index is 15.3. The van der Waals surface area contributed by atoms with E-state index >= 15 is 8.78 Å². The van der Waals surface area contributed by atoms with Gasteiger partial charge in [0.2, 0.25) is 11.9 Å². The Kier molecular flexibility index (Phi) is 7.32. The number of halogens is 2. The molecule has 1 aliphatic heterocycles. The molecule has 4 aromatic rings. The Labute approximate surface area is 221 Å². The monoisotopic (exact) mass is 537 g/mol. The molecule has 1 fully saturated rings. The number of aromatic nitrogens is 5. The number of anilines is 1. The number of amides is 1. The van der Waals surface area contributed by atoms with E-state index in [1.165, 1.54) is 38.8 Å². The molecule has 0 spiro atoms. The van der Waals surface area contributed by atoms with E-state index in [4.69, 9.17) is 14.2 Å². The summed E-state index contributed by atoms with van der Waals surface area (Å²) in [7, 11) is 2.55. The highest BCUT2D eigenvalue weighted by Crippen LogP contribution is 2.39. The van der Waals surface area contributed by atoms with Crippen molar-refractivity contribution in [3.05, 3.63) is 55.0 Å². The second-order valence-corrected chi connectivity index (χ2v) is 8.69. The average molecular weight is 538 g/mol. The molecule has 4 heterocycles. The lowest BCUT2D eigenvalue weighted by Crippen LogP contribution is -2.52. The Hall–Kier alpha value is -4.65. The highest BCUT2D eigenvalue weighted by molar-refractivity contribution is 5.94. The van der Waals surface area contributed by atoms with Gasteiger partial charge in [0, 0.05) is 36.0 Å². The zero-order chi connectivity index (χ0) is 27.5. The first-order valence-electron chi connectivity index (χ1n) is 12.0. The van der Waals surface area contributed by atoms with E-state index in [0.29, 0.717) is 41.8 Å². The number of nitrogens with zero attached hydrogens (tertiary/aromatic N) is 4. The molecule has 0 bridgehead atoms. The summed E-state index contributed by atoms with van der Waals surface area (Å²) in [4.78, 5) is 25.5. The number of nitrogens with one attached hydrogen (secondary N) is 3. The van der Waals surface area contributed by atoms with E-state index in [9.17, 15) is 4.79 Å². The van der Waals surface area contributed by atoms with Crippen molar-refractivity contribution in [1.82, 2.24) is 30.5 Å². The lowest BCUT2D eigenvalue weighted by atomic mass is 10.0. The molecule has 1 aliphatic rings. The van der Waals surface area contributed by atoms with Gasteiger partial charge in [-0.25, -0.2) is 23.7 Å². The molecule has 0 saturated carbocycles. The van der Waals surface area contributed by atoms with Crippen LogP contribution in [-0.2, 0) is 9.53 Å². The molecule has 202 valence electrons. The van der Waals surface area contributed by atoms with Crippen molar-refractivity contribution < 1.29 is 27.8 Å². The molecule has 0 radical (unpaired) electrons. The fourth-order valence-electron chi connectivity index (χ4n) is 4.39. The summed E-state index contributed by atoms with van der Waals surface area (Å²) in [6.45, 7) is 4.32. The van der Waals surface area contributed by atoms with Crippen LogP contribution in [-0.4, -0.2) is 70.6 Å². The van der Waals surface area contributed by atoms with Crippen molar-refractivity contribution in [3.8, 4) is 34.0 Å². The molecule has 1 amide bonds. The van der Waals surface area contributed by atoms with Crippen molar-refractivity contribution in [2.24, 2.45) is 0 Å². The predicted molar refractivity (Wildman–Crippen MR) is 138 cm³/mol. The third-order valence-electron chi connectivity index (χ3n) is 6.35. The van der Waals surface area contributed by atoms with Crippen LogP contribution < -0.4 is 20.1 Å². The molecule has 3 N–H and O–H groups in total. The third kappa shape index (κ3) is 5.08. The first-order chi connectivity index (χ1) is 18.9. The Bertz CT molecular complexity index is 1500. The number of H-pyrrole nitrogens is 1. The number of benzene rings is 1. The fraction of sp³-hybridized carbons (Fsp3) is 0.269. The van der Waals surface area contributed by atoms with Gasteiger partial charge in [0.25, 0.3) is 0 Å². The van der Waals surface area contributed by atoms with E-state index < -0.39 is 17.2 Å². The Balaban J connectivity index is 1.60. The van der Waals surface area contributed by atoms with Crippen LogP contribution in [0.4, 0.5) is 14.7 Å². The van der Waals surface area contributed by atoms with E-state index in [0.717, 1.165) is 6.07 Å². The van der Waals surface area contributed by atoms with Gasteiger partial charge in [-0.15, -0.1) is 0 Å². The van der Waals surface area contributed by atoms with Gasteiger partial charge >= 0.3 is 0 Å². The van der Waals surface area contributed by atoms with Crippen molar-refractivity contribution in [2.45, 2.75) is 18.5 Å². The number of ether oxygens (including phenoxy) is 3. The summed E-state index contributed by atoms with van der Waals surface area (Å²) in [5, 5.41) is 13.3. The Morgan fingerprint density at radius 1 is 1.15 bits per heavy atom. The molecule has 39 heavy (non-hydrogen) atoms. The number of hydrogen-bond acceptors (Lipinski definition) is 9. The minimum atomic E-state index is -0.926. The summed E-state index contributed by atoms with van der Waals surface area (Å²) in [5.74, 6) is -2.27. The van der Waals surface area contributed by atoms with Crippen LogP contribution in [0.15, 0.2) is 43.4 Å². The highest BCUT2D eigenvalue weighted by atomic mass is 19.1. The predicted octanol–water partition coefficient (Wildman–Crippen LogP) is 3.25. The van der Waals surface area contributed by atoms with Gasteiger partial charge in [-0.2, -0.15) is 5.10 Å². The van der Waals surface area contributed by atoms with Gasteiger partial charge in [0.1, 0.15) is 11.2 Å². The van der Waals surface area contributed by atoms with Gasteiger partial charge < -0.3 is 24.8 Å². The molecule has 5 rings (SSSR count). The van der Waals surface area contributed by atoms with E-state index in [1.54, 1.807) is 6.20 Å². The van der Waals surface area contributed by atoms with Gasteiger partial charge in [0.15, 0.2) is 23.1 Å². The summed E-state index contributed by atoms with van der Waals surface area (Å²) in [5.41, 5.74) is 0.845. The van der Waals surface area contributed by atoms with E-state index in [1.807, 2.05) is 0 Å². The second kappa shape index (κ2) is 11.0. The maximum absolute atomic E-state index is 15.3. The molecule has 2 atom stereocenters. The topological polar surface area (TPSA) is 136 Å². The minimum absolute atomic E-state index is 0.0110. The lowest BCUT2D eigenvalue weighted by molar-refractivity contribution is -0.117. The molecule has 1 saturated heterocycles.